The molecule has 6 nitrogen and oxygen atoms in total. The Morgan fingerprint density at radius 2 is 2.10 bits per heavy atom. The van der Waals surface area contributed by atoms with Crippen LogP contribution in [0.25, 0.3) is 0 Å². The third-order valence-electron chi connectivity index (χ3n) is 4.15. The van der Waals surface area contributed by atoms with Crippen molar-refractivity contribution in [1.29, 1.82) is 0 Å². The van der Waals surface area contributed by atoms with E-state index in [1.807, 2.05) is 27.9 Å². The van der Waals surface area contributed by atoms with Crippen molar-refractivity contribution in [1.82, 2.24) is 15.1 Å². The summed E-state index contributed by atoms with van der Waals surface area (Å²) in [6.45, 7) is 5.59. The molecular formula is C14H27N3O3. The first-order valence-electron chi connectivity index (χ1n) is 7.24. The number of aliphatic carboxylic acids is 1. The van der Waals surface area contributed by atoms with E-state index in [0.717, 1.165) is 13.0 Å². The summed E-state index contributed by atoms with van der Waals surface area (Å²) in [6.07, 6.45) is 1.98. The Balaban J connectivity index is 2.48. The van der Waals surface area contributed by atoms with E-state index < -0.39 is 11.4 Å². The second-order valence-electron chi connectivity index (χ2n) is 6.05. The number of carbonyl (C=O) groups excluding carboxylic acids is 1. The molecule has 2 atom stereocenters. The summed E-state index contributed by atoms with van der Waals surface area (Å²) >= 11 is 0. The number of rotatable bonds is 6. The maximum absolute atomic E-state index is 12.1. The quantitative estimate of drug-likeness (QED) is 0.769. The average Bonchev–Trinajstić information content (AvgIpc) is 2.82. The van der Waals surface area contributed by atoms with E-state index in [1.165, 1.54) is 0 Å². The molecule has 0 aromatic heterocycles. The van der Waals surface area contributed by atoms with E-state index in [1.54, 1.807) is 4.90 Å². The van der Waals surface area contributed by atoms with Gasteiger partial charge in [-0.15, -0.1) is 0 Å². The van der Waals surface area contributed by atoms with Crippen LogP contribution < -0.4 is 5.32 Å². The van der Waals surface area contributed by atoms with Crippen molar-refractivity contribution in [3.05, 3.63) is 0 Å². The van der Waals surface area contributed by atoms with Crippen LogP contribution in [0.3, 0.4) is 0 Å². The molecule has 0 aromatic rings. The number of carboxylic acid groups (broad SMARTS) is 1. The topological polar surface area (TPSA) is 72.9 Å². The maximum atomic E-state index is 12.1. The lowest BCUT2D eigenvalue weighted by atomic mass is 9.84. The Labute approximate surface area is 121 Å². The monoisotopic (exact) mass is 285 g/mol. The fraction of sp³-hybridized carbons (Fsp3) is 0.857. The molecule has 0 aliphatic carbocycles. The van der Waals surface area contributed by atoms with Crippen molar-refractivity contribution in [2.24, 2.45) is 5.41 Å². The Morgan fingerprint density at radius 1 is 1.45 bits per heavy atom. The standard InChI is InChI=1S/C14H27N3O3/c1-5-14(12(18)19)7-9-17(10-14)13(20)15-11(2)6-8-16(3)4/h11H,5-10H2,1-4H3,(H,15,20)(H,18,19). The van der Waals surface area contributed by atoms with Crippen LogP contribution in [0.5, 0.6) is 0 Å². The van der Waals surface area contributed by atoms with Crippen LogP contribution in [0.2, 0.25) is 0 Å². The van der Waals surface area contributed by atoms with Gasteiger partial charge in [0.05, 0.1) is 5.41 Å². The number of hydrogen-bond donors (Lipinski definition) is 2. The zero-order valence-electron chi connectivity index (χ0n) is 13.0. The lowest BCUT2D eigenvalue weighted by molar-refractivity contribution is -0.148. The highest BCUT2D eigenvalue weighted by atomic mass is 16.4. The maximum Gasteiger partial charge on any atom is 0.317 e. The average molecular weight is 285 g/mol. The van der Waals surface area contributed by atoms with E-state index in [-0.39, 0.29) is 12.1 Å². The fourth-order valence-electron chi connectivity index (χ4n) is 2.49. The first-order chi connectivity index (χ1) is 9.30. The highest BCUT2D eigenvalue weighted by molar-refractivity contribution is 5.79. The highest BCUT2D eigenvalue weighted by Crippen LogP contribution is 2.34. The predicted octanol–water partition coefficient (Wildman–Crippen LogP) is 1.22. The summed E-state index contributed by atoms with van der Waals surface area (Å²) in [5.74, 6) is -0.795. The zero-order chi connectivity index (χ0) is 15.3. The molecule has 0 aromatic carbocycles. The summed E-state index contributed by atoms with van der Waals surface area (Å²) in [5.41, 5.74) is -0.760. The Bertz CT molecular complexity index is 360. The summed E-state index contributed by atoms with van der Waals surface area (Å²) in [7, 11) is 3.99. The molecule has 116 valence electrons. The molecule has 20 heavy (non-hydrogen) atoms. The molecule has 1 aliphatic heterocycles. The largest absolute Gasteiger partial charge is 0.481 e. The number of carbonyl (C=O) groups is 2. The van der Waals surface area contributed by atoms with Gasteiger partial charge in [0.2, 0.25) is 0 Å². The van der Waals surface area contributed by atoms with Crippen molar-refractivity contribution in [2.45, 2.75) is 39.2 Å². The van der Waals surface area contributed by atoms with E-state index in [0.29, 0.717) is 25.9 Å². The smallest absolute Gasteiger partial charge is 0.317 e. The van der Waals surface area contributed by atoms with Gasteiger partial charge in [-0.25, -0.2) is 4.79 Å². The van der Waals surface area contributed by atoms with Gasteiger partial charge in [-0.2, -0.15) is 0 Å². The summed E-state index contributed by atoms with van der Waals surface area (Å²) in [4.78, 5) is 27.2. The summed E-state index contributed by atoms with van der Waals surface area (Å²) < 4.78 is 0. The van der Waals surface area contributed by atoms with Gasteiger partial charge in [-0.05, 0) is 46.8 Å². The van der Waals surface area contributed by atoms with Crippen LogP contribution in [-0.4, -0.2) is 66.7 Å². The van der Waals surface area contributed by atoms with Crippen LogP contribution in [-0.2, 0) is 4.79 Å². The lowest BCUT2D eigenvalue weighted by Gasteiger charge is -2.25. The molecule has 2 amide bonds. The van der Waals surface area contributed by atoms with Gasteiger partial charge in [0.25, 0.3) is 0 Å². The molecule has 2 N–H and O–H groups in total. The SMILES string of the molecule is CCC1(C(=O)O)CCN(C(=O)NC(C)CCN(C)C)C1. The summed E-state index contributed by atoms with van der Waals surface area (Å²) in [6, 6.07) is -0.0563. The number of nitrogens with one attached hydrogen (secondary N) is 1. The third-order valence-corrected chi connectivity index (χ3v) is 4.15. The molecule has 0 radical (unpaired) electrons. The van der Waals surface area contributed by atoms with E-state index in [9.17, 15) is 14.7 Å². The zero-order valence-corrected chi connectivity index (χ0v) is 13.0. The fourth-order valence-corrected chi connectivity index (χ4v) is 2.49. The van der Waals surface area contributed by atoms with Crippen molar-refractivity contribution < 1.29 is 14.7 Å². The molecule has 1 aliphatic rings. The first kappa shape index (κ1) is 16.8. The molecule has 2 unspecified atom stereocenters. The molecule has 0 spiro atoms. The van der Waals surface area contributed by atoms with Crippen LogP contribution >= 0.6 is 0 Å². The molecule has 1 rings (SSSR count). The minimum Gasteiger partial charge on any atom is -0.481 e. The Morgan fingerprint density at radius 3 is 2.55 bits per heavy atom. The van der Waals surface area contributed by atoms with Gasteiger partial charge in [0, 0.05) is 19.1 Å². The minimum atomic E-state index is -0.795. The third kappa shape index (κ3) is 4.10. The van der Waals surface area contributed by atoms with Crippen LogP contribution in [0, 0.1) is 5.41 Å². The molecular weight excluding hydrogens is 258 g/mol. The van der Waals surface area contributed by atoms with E-state index in [2.05, 4.69) is 10.2 Å². The Hall–Kier alpha value is -1.30. The summed E-state index contributed by atoms with van der Waals surface area (Å²) in [5, 5.41) is 12.3. The minimum absolute atomic E-state index is 0.0892. The molecule has 1 heterocycles. The number of likely N-dealkylation sites (tertiary alicyclic amines) is 1. The molecule has 0 saturated carbocycles. The van der Waals surface area contributed by atoms with E-state index in [4.69, 9.17) is 0 Å². The molecule has 1 fully saturated rings. The number of nitrogens with zero attached hydrogens (tertiary/aromatic N) is 2. The van der Waals surface area contributed by atoms with Gasteiger partial charge in [-0.1, -0.05) is 6.92 Å². The highest BCUT2D eigenvalue weighted by Gasteiger charge is 2.44. The second-order valence-corrected chi connectivity index (χ2v) is 6.05. The lowest BCUT2D eigenvalue weighted by Crippen LogP contribution is -2.45. The van der Waals surface area contributed by atoms with Crippen molar-refractivity contribution in [2.75, 3.05) is 33.7 Å². The number of amides is 2. The van der Waals surface area contributed by atoms with Crippen LogP contribution in [0.15, 0.2) is 0 Å². The van der Waals surface area contributed by atoms with Gasteiger partial charge in [0.1, 0.15) is 0 Å². The second kappa shape index (κ2) is 6.92. The van der Waals surface area contributed by atoms with Gasteiger partial charge in [0.15, 0.2) is 0 Å². The van der Waals surface area contributed by atoms with Crippen molar-refractivity contribution in [3.63, 3.8) is 0 Å². The molecule has 6 heteroatoms. The van der Waals surface area contributed by atoms with E-state index >= 15 is 0 Å². The number of hydrogen-bond acceptors (Lipinski definition) is 3. The Kier molecular flexibility index (Phi) is 5.80. The molecule has 0 bridgehead atoms. The van der Waals surface area contributed by atoms with Gasteiger partial charge >= 0.3 is 12.0 Å². The predicted molar refractivity (Wildman–Crippen MR) is 77.7 cm³/mol. The van der Waals surface area contributed by atoms with Crippen molar-refractivity contribution >= 4 is 12.0 Å². The number of urea groups is 1. The van der Waals surface area contributed by atoms with Gasteiger partial charge < -0.3 is 20.2 Å². The first-order valence-corrected chi connectivity index (χ1v) is 7.24. The van der Waals surface area contributed by atoms with Gasteiger partial charge in [-0.3, -0.25) is 4.79 Å². The normalized spacial score (nSPS) is 23.9. The van der Waals surface area contributed by atoms with Crippen molar-refractivity contribution in [3.8, 4) is 0 Å². The van der Waals surface area contributed by atoms with Crippen LogP contribution in [0.4, 0.5) is 4.79 Å². The van der Waals surface area contributed by atoms with Crippen LogP contribution in [0.1, 0.15) is 33.1 Å². The number of carboxylic acids is 1. The molecule has 1 saturated heterocycles.